The third-order valence-corrected chi connectivity index (χ3v) is 6.11. The van der Waals surface area contributed by atoms with E-state index in [0.717, 1.165) is 43.0 Å². The number of thiophene rings is 1. The van der Waals surface area contributed by atoms with E-state index in [1.165, 1.54) is 16.9 Å². The van der Waals surface area contributed by atoms with Crippen LogP contribution in [0.2, 0.25) is 0 Å². The third-order valence-electron chi connectivity index (χ3n) is 4.18. The number of methoxy groups -OCH3 is 1. The van der Waals surface area contributed by atoms with Crippen molar-refractivity contribution in [2.24, 2.45) is 0 Å². The monoisotopic (exact) mass is 379 g/mol. The van der Waals surface area contributed by atoms with Gasteiger partial charge < -0.3 is 4.74 Å². The minimum atomic E-state index is 0.752. The Morgan fingerprint density at radius 3 is 2.81 bits per heavy atom. The van der Waals surface area contributed by atoms with Crippen LogP contribution in [0, 0.1) is 6.92 Å². The molecule has 128 valence electrons. The van der Waals surface area contributed by atoms with Gasteiger partial charge in [0.15, 0.2) is 10.8 Å². The van der Waals surface area contributed by atoms with Crippen molar-refractivity contribution in [3.05, 3.63) is 47.3 Å². The number of aromatic nitrogens is 5. The number of aryl methyl sites for hydroxylation is 1. The molecule has 4 aromatic heterocycles. The van der Waals surface area contributed by atoms with Crippen molar-refractivity contribution in [1.29, 1.82) is 0 Å². The molecule has 0 aliphatic carbocycles. The molecule has 8 heteroatoms. The molecule has 0 N–H and O–H groups in total. The molecule has 0 spiro atoms. The lowest BCUT2D eigenvalue weighted by Crippen LogP contribution is -1.92. The Bertz CT molecular complexity index is 1250. The van der Waals surface area contributed by atoms with Crippen LogP contribution in [0.15, 0.2) is 41.8 Å². The number of hydrogen-bond donors (Lipinski definition) is 0. The van der Waals surface area contributed by atoms with Gasteiger partial charge in [-0.1, -0.05) is 29.5 Å². The number of pyridine rings is 1. The van der Waals surface area contributed by atoms with E-state index in [-0.39, 0.29) is 0 Å². The second-order valence-electron chi connectivity index (χ2n) is 5.79. The summed E-state index contributed by atoms with van der Waals surface area (Å²) in [6, 6.07) is 12.0. The van der Waals surface area contributed by atoms with Crippen LogP contribution in [0.25, 0.3) is 37.3 Å². The zero-order chi connectivity index (χ0) is 17.7. The van der Waals surface area contributed by atoms with Crippen molar-refractivity contribution in [3.8, 4) is 27.2 Å². The average Bonchev–Trinajstić information content (AvgIpc) is 3.36. The van der Waals surface area contributed by atoms with Crippen molar-refractivity contribution < 1.29 is 4.74 Å². The standard InChI is InChI=1S/C18H13N5OS2/c1-10-8-9-25-15(10)16-20-21-18-23(16)22-17(26-18)12-7-6-11-4-3-5-13(24-2)14(11)19-12/h3-9H,1-2H3. The molecule has 0 saturated carbocycles. The first-order valence-electron chi connectivity index (χ1n) is 7.95. The minimum absolute atomic E-state index is 0.752. The molecule has 0 atom stereocenters. The van der Waals surface area contributed by atoms with Gasteiger partial charge >= 0.3 is 0 Å². The van der Waals surface area contributed by atoms with Gasteiger partial charge in [-0.3, -0.25) is 0 Å². The molecule has 0 radical (unpaired) electrons. The van der Waals surface area contributed by atoms with Gasteiger partial charge in [-0.2, -0.15) is 9.61 Å². The molecular formula is C18H13N5OS2. The number of fused-ring (bicyclic) bond motifs is 2. The SMILES string of the molecule is COc1cccc2ccc(-c3nn4c(-c5sccc5C)nnc4s3)nc12. The number of benzene rings is 1. The summed E-state index contributed by atoms with van der Waals surface area (Å²) in [5.41, 5.74) is 2.80. The Balaban J connectivity index is 1.67. The number of nitrogens with zero attached hydrogens (tertiary/aromatic N) is 5. The molecular weight excluding hydrogens is 366 g/mol. The Labute approximate surface area is 156 Å². The number of rotatable bonds is 3. The second kappa shape index (κ2) is 5.86. The topological polar surface area (TPSA) is 65.2 Å². The molecule has 6 nitrogen and oxygen atoms in total. The van der Waals surface area contributed by atoms with E-state index < -0.39 is 0 Å². The van der Waals surface area contributed by atoms with E-state index >= 15 is 0 Å². The molecule has 0 saturated heterocycles. The predicted molar refractivity (Wildman–Crippen MR) is 104 cm³/mol. The molecule has 26 heavy (non-hydrogen) atoms. The Hall–Kier alpha value is -2.84. The van der Waals surface area contributed by atoms with Crippen LogP contribution in [0.5, 0.6) is 5.75 Å². The van der Waals surface area contributed by atoms with Crippen LogP contribution < -0.4 is 4.74 Å². The van der Waals surface area contributed by atoms with Gasteiger partial charge in [0, 0.05) is 5.39 Å². The lowest BCUT2D eigenvalue weighted by molar-refractivity contribution is 0.419. The Kier molecular flexibility index (Phi) is 3.47. The molecule has 0 bridgehead atoms. The van der Waals surface area contributed by atoms with Crippen LogP contribution in [0.4, 0.5) is 0 Å². The number of hydrogen-bond acceptors (Lipinski definition) is 7. The van der Waals surface area contributed by atoms with Crippen LogP contribution >= 0.6 is 22.7 Å². The first kappa shape index (κ1) is 15.4. The fourth-order valence-electron chi connectivity index (χ4n) is 2.87. The van der Waals surface area contributed by atoms with Gasteiger partial charge in [0.1, 0.15) is 17.0 Å². The predicted octanol–water partition coefficient (Wildman–Crippen LogP) is 4.45. The molecule has 1 aromatic carbocycles. The molecule has 0 fully saturated rings. The fraction of sp³-hybridized carbons (Fsp3) is 0.111. The molecule has 0 unspecified atom stereocenters. The maximum atomic E-state index is 5.44. The summed E-state index contributed by atoms with van der Waals surface area (Å²) in [4.78, 5) is 6.61. The van der Waals surface area contributed by atoms with Crippen molar-refractivity contribution in [1.82, 2.24) is 24.8 Å². The molecule has 0 aliphatic rings. The highest BCUT2D eigenvalue weighted by atomic mass is 32.1. The fourth-order valence-corrected chi connectivity index (χ4v) is 4.57. The molecule has 5 rings (SSSR count). The van der Waals surface area contributed by atoms with Gasteiger partial charge in [-0.05, 0) is 36.1 Å². The lowest BCUT2D eigenvalue weighted by Gasteiger charge is -2.05. The summed E-state index contributed by atoms with van der Waals surface area (Å²) < 4.78 is 7.24. The summed E-state index contributed by atoms with van der Waals surface area (Å²) in [7, 11) is 1.65. The number of ether oxygens (including phenoxy) is 1. The van der Waals surface area contributed by atoms with E-state index in [2.05, 4.69) is 28.6 Å². The normalized spacial score (nSPS) is 11.5. The maximum absolute atomic E-state index is 5.44. The van der Waals surface area contributed by atoms with E-state index in [1.54, 1.807) is 23.0 Å². The summed E-state index contributed by atoms with van der Waals surface area (Å²) in [6.45, 7) is 2.07. The highest BCUT2D eigenvalue weighted by Crippen LogP contribution is 2.32. The van der Waals surface area contributed by atoms with Crippen LogP contribution in [-0.2, 0) is 0 Å². The van der Waals surface area contributed by atoms with Gasteiger partial charge in [0.05, 0.1) is 12.0 Å². The zero-order valence-corrected chi connectivity index (χ0v) is 15.6. The van der Waals surface area contributed by atoms with Gasteiger partial charge in [0.2, 0.25) is 4.96 Å². The number of para-hydroxylation sites is 1. The molecule has 5 aromatic rings. The third kappa shape index (κ3) is 2.30. The summed E-state index contributed by atoms with van der Waals surface area (Å²) in [6.07, 6.45) is 0. The van der Waals surface area contributed by atoms with Crippen molar-refractivity contribution in [2.75, 3.05) is 7.11 Å². The summed E-state index contributed by atoms with van der Waals surface area (Å²) >= 11 is 3.12. The molecule has 0 aliphatic heterocycles. The largest absolute Gasteiger partial charge is 0.494 e. The highest BCUT2D eigenvalue weighted by molar-refractivity contribution is 7.19. The Morgan fingerprint density at radius 1 is 1.08 bits per heavy atom. The maximum Gasteiger partial charge on any atom is 0.235 e. The van der Waals surface area contributed by atoms with E-state index in [4.69, 9.17) is 14.8 Å². The van der Waals surface area contributed by atoms with Gasteiger partial charge in [-0.15, -0.1) is 21.5 Å². The lowest BCUT2D eigenvalue weighted by atomic mass is 10.2. The first-order valence-corrected chi connectivity index (χ1v) is 9.65. The Morgan fingerprint density at radius 2 is 2.00 bits per heavy atom. The molecule has 4 heterocycles. The highest BCUT2D eigenvalue weighted by Gasteiger charge is 2.17. The van der Waals surface area contributed by atoms with Gasteiger partial charge in [-0.25, -0.2) is 4.98 Å². The summed E-state index contributed by atoms with van der Waals surface area (Å²) in [5, 5.41) is 17.2. The first-order chi connectivity index (χ1) is 12.7. The second-order valence-corrected chi connectivity index (χ2v) is 7.66. The van der Waals surface area contributed by atoms with Crippen molar-refractivity contribution >= 4 is 38.5 Å². The minimum Gasteiger partial charge on any atom is -0.494 e. The van der Waals surface area contributed by atoms with Crippen LogP contribution in [0.1, 0.15) is 5.56 Å². The van der Waals surface area contributed by atoms with Crippen LogP contribution in [0.3, 0.4) is 0 Å². The van der Waals surface area contributed by atoms with E-state index in [9.17, 15) is 0 Å². The quantitative estimate of drug-likeness (QED) is 0.463. The smallest absolute Gasteiger partial charge is 0.235 e. The molecule has 0 amide bonds. The van der Waals surface area contributed by atoms with E-state index in [0.29, 0.717) is 0 Å². The zero-order valence-electron chi connectivity index (χ0n) is 14.0. The van der Waals surface area contributed by atoms with Crippen molar-refractivity contribution in [3.63, 3.8) is 0 Å². The van der Waals surface area contributed by atoms with Gasteiger partial charge in [0.25, 0.3) is 0 Å². The van der Waals surface area contributed by atoms with Crippen LogP contribution in [-0.4, -0.2) is 31.9 Å². The summed E-state index contributed by atoms with van der Waals surface area (Å²) in [5.74, 6) is 1.52. The van der Waals surface area contributed by atoms with E-state index in [1.807, 2.05) is 30.3 Å². The average molecular weight is 379 g/mol. The van der Waals surface area contributed by atoms with Crippen molar-refractivity contribution in [2.45, 2.75) is 6.92 Å².